The molecule has 8 heteroatoms. The molecule has 4 rings (SSSR count). The highest BCUT2D eigenvalue weighted by Crippen LogP contribution is 2.26. The number of anilines is 2. The van der Waals surface area contributed by atoms with Crippen molar-refractivity contribution >= 4 is 27.3 Å². The van der Waals surface area contributed by atoms with E-state index in [-0.39, 0.29) is 23.0 Å². The molecule has 0 bridgehead atoms. The van der Waals surface area contributed by atoms with Crippen LogP contribution in [0, 0.1) is 12.7 Å². The maximum atomic E-state index is 14.6. The molecule has 0 aromatic heterocycles. The second-order valence-corrected chi connectivity index (χ2v) is 11.6. The first-order valence-corrected chi connectivity index (χ1v) is 13.5. The van der Waals surface area contributed by atoms with Gasteiger partial charge in [0.05, 0.1) is 10.5 Å². The van der Waals surface area contributed by atoms with Crippen molar-refractivity contribution < 1.29 is 17.6 Å². The first-order valence-electron chi connectivity index (χ1n) is 12.1. The van der Waals surface area contributed by atoms with Gasteiger partial charge in [0.2, 0.25) is 10.0 Å². The number of halogens is 1. The number of piperazine rings is 1. The van der Waals surface area contributed by atoms with Crippen LogP contribution in [0.1, 0.15) is 48.2 Å². The first-order chi connectivity index (χ1) is 17.1. The van der Waals surface area contributed by atoms with E-state index < -0.39 is 21.7 Å². The van der Waals surface area contributed by atoms with Crippen molar-refractivity contribution in [3.8, 4) is 0 Å². The standard InChI is InChI=1S/C28H32FN3O3S/c1-19(2)22-8-10-23(11-9-22)30-28(33)26-17-25(12-13-27(26)29)36(34,35)31-14-15-32(21(4)18-31)24-7-5-6-20(3)16-24/h5-13,16-17,19,21H,14-15,18H2,1-4H3,(H,30,33)/t21-/m0/s1. The minimum Gasteiger partial charge on any atom is -0.366 e. The monoisotopic (exact) mass is 509 g/mol. The van der Waals surface area contributed by atoms with Crippen molar-refractivity contribution in [2.75, 3.05) is 29.9 Å². The van der Waals surface area contributed by atoms with Crippen LogP contribution in [-0.2, 0) is 10.0 Å². The van der Waals surface area contributed by atoms with E-state index in [1.807, 2.05) is 44.2 Å². The van der Waals surface area contributed by atoms with Crippen molar-refractivity contribution in [3.05, 3.63) is 89.2 Å². The van der Waals surface area contributed by atoms with E-state index in [0.717, 1.165) is 28.9 Å². The molecule has 1 aliphatic rings. The fourth-order valence-corrected chi connectivity index (χ4v) is 6.01. The lowest BCUT2D eigenvalue weighted by atomic mass is 10.0. The largest absolute Gasteiger partial charge is 0.366 e. The average Bonchev–Trinajstić information content (AvgIpc) is 2.84. The van der Waals surface area contributed by atoms with Gasteiger partial charge in [0.15, 0.2) is 0 Å². The van der Waals surface area contributed by atoms with Gasteiger partial charge in [0.1, 0.15) is 5.82 Å². The molecule has 36 heavy (non-hydrogen) atoms. The van der Waals surface area contributed by atoms with Crippen LogP contribution in [0.2, 0.25) is 0 Å². The molecule has 0 spiro atoms. The highest BCUT2D eigenvalue weighted by molar-refractivity contribution is 7.89. The van der Waals surface area contributed by atoms with Crippen LogP contribution >= 0.6 is 0 Å². The zero-order chi connectivity index (χ0) is 26.0. The molecular formula is C28H32FN3O3S. The van der Waals surface area contributed by atoms with Gasteiger partial charge in [-0.3, -0.25) is 4.79 Å². The van der Waals surface area contributed by atoms with Gasteiger partial charge in [-0.1, -0.05) is 38.1 Å². The van der Waals surface area contributed by atoms with Crippen molar-refractivity contribution in [3.63, 3.8) is 0 Å². The number of hydrogen-bond donors (Lipinski definition) is 1. The number of carbonyl (C=O) groups excluding carboxylic acids is 1. The van der Waals surface area contributed by atoms with E-state index in [9.17, 15) is 17.6 Å². The summed E-state index contributed by atoms with van der Waals surface area (Å²) >= 11 is 0. The quantitative estimate of drug-likeness (QED) is 0.483. The summed E-state index contributed by atoms with van der Waals surface area (Å²) in [7, 11) is -3.91. The molecule has 1 saturated heterocycles. The molecule has 190 valence electrons. The Morgan fingerprint density at radius 3 is 2.39 bits per heavy atom. The van der Waals surface area contributed by atoms with Gasteiger partial charge < -0.3 is 10.2 Å². The van der Waals surface area contributed by atoms with Crippen LogP contribution in [-0.4, -0.2) is 44.3 Å². The third kappa shape index (κ3) is 5.44. The van der Waals surface area contributed by atoms with E-state index in [2.05, 4.69) is 30.1 Å². The average molecular weight is 510 g/mol. The lowest BCUT2D eigenvalue weighted by Gasteiger charge is -2.40. The smallest absolute Gasteiger partial charge is 0.258 e. The fraction of sp³-hybridized carbons (Fsp3) is 0.321. The van der Waals surface area contributed by atoms with Crippen molar-refractivity contribution in [1.82, 2.24) is 4.31 Å². The highest BCUT2D eigenvalue weighted by Gasteiger charge is 2.33. The van der Waals surface area contributed by atoms with Crippen molar-refractivity contribution in [2.45, 2.75) is 44.6 Å². The summed E-state index contributed by atoms with van der Waals surface area (Å²) in [5.41, 5.74) is 3.52. The molecular weight excluding hydrogens is 477 g/mol. The van der Waals surface area contributed by atoms with Crippen molar-refractivity contribution in [1.29, 1.82) is 0 Å². The predicted octanol–water partition coefficient (Wildman–Crippen LogP) is 5.41. The van der Waals surface area contributed by atoms with Gasteiger partial charge in [-0.2, -0.15) is 4.31 Å². The van der Waals surface area contributed by atoms with Crippen LogP contribution in [0.5, 0.6) is 0 Å². The molecule has 3 aromatic carbocycles. The Kier molecular flexibility index (Phi) is 7.47. The lowest BCUT2D eigenvalue weighted by Crippen LogP contribution is -2.53. The molecule has 0 aliphatic carbocycles. The number of amides is 1. The van der Waals surface area contributed by atoms with E-state index in [1.54, 1.807) is 12.1 Å². The molecule has 1 heterocycles. The summed E-state index contributed by atoms with van der Waals surface area (Å²) < 4.78 is 42.8. The predicted molar refractivity (Wildman–Crippen MR) is 142 cm³/mol. The third-order valence-electron chi connectivity index (χ3n) is 6.58. The van der Waals surface area contributed by atoms with E-state index >= 15 is 0 Å². The minimum absolute atomic E-state index is 0.0487. The lowest BCUT2D eigenvalue weighted by molar-refractivity contribution is 0.102. The van der Waals surface area contributed by atoms with Gasteiger partial charge in [0.25, 0.3) is 5.91 Å². The molecule has 6 nitrogen and oxygen atoms in total. The summed E-state index contributed by atoms with van der Waals surface area (Å²) in [6.07, 6.45) is 0. The molecule has 0 unspecified atom stereocenters. The van der Waals surface area contributed by atoms with Gasteiger partial charge in [-0.25, -0.2) is 12.8 Å². The maximum Gasteiger partial charge on any atom is 0.258 e. The van der Waals surface area contributed by atoms with Crippen LogP contribution in [0.4, 0.5) is 15.8 Å². The van der Waals surface area contributed by atoms with Crippen LogP contribution in [0.15, 0.2) is 71.6 Å². The number of carbonyl (C=O) groups is 1. The third-order valence-corrected chi connectivity index (χ3v) is 8.44. The number of nitrogens with one attached hydrogen (secondary N) is 1. The number of sulfonamides is 1. The second kappa shape index (κ2) is 10.4. The summed E-state index contributed by atoms with van der Waals surface area (Å²) in [5, 5.41) is 2.66. The number of hydrogen-bond acceptors (Lipinski definition) is 4. The topological polar surface area (TPSA) is 69.7 Å². The SMILES string of the molecule is Cc1cccc(N2CCN(S(=O)(=O)c3ccc(F)c(C(=O)Nc4ccc(C(C)C)cc4)c3)C[C@@H]2C)c1. The number of benzene rings is 3. The van der Waals surface area contributed by atoms with Crippen LogP contribution in [0.3, 0.4) is 0 Å². The molecule has 0 radical (unpaired) electrons. The van der Waals surface area contributed by atoms with E-state index in [1.165, 1.54) is 10.4 Å². The second-order valence-electron chi connectivity index (χ2n) is 9.62. The number of nitrogens with zero attached hydrogens (tertiary/aromatic N) is 2. The Bertz CT molecular complexity index is 1360. The first kappa shape index (κ1) is 25.9. The molecule has 1 fully saturated rings. The van der Waals surface area contributed by atoms with Crippen LogP contribution < -0.4 is 10.2 Å². The zero-order valence-corrected chi connectivity index (χ0v) is 21.8. The van der Waals surface area contributed by atoms with Gasteiger partial charge in [-0.05, 0) is 73.4 Å². The van der Waals surface area contributed by atoms with E-state index in [0.29, 0.717) is 24.7 Å². The molecule has 0 saturated carbocycles. The van der Waals surface area contributed by atoms with Crippen LogP contribution in [0.25, 0.3) is 0 Å². The Morgan fingerprint density at radius 2 is 1.75 bits per heavy atom. The molecule has 1 aliphatic heterocycles. The summed E-state index contributed by atoms with van der Waals surface area (Å²) in [5.74, 6) is -1.13. The molecule has 1 amide bonds. The zero-order valence-electron chi connectivity index (χ0n) is 21.0. The minimum atomic E-state index is -3.91. The molecule has 3 aromatic rings. The highest BCUT2D eigenvalue weighted by atomic mass is 32.2. The Labute approximate surface area is 212 Å². The number of aryl methyl sites for hydroxylation is 1. The Balaban J connectivity index is 1.51. The summed E-state index contributed by atoms with van der Waals surface area (Å²) in [6.45, 7) is 9.26. The summed E-state index contributed by atoms with van der Waals surface area (Å²) in [6, 6.07) is 18.8. The normalized spacial score (nSPS) is 16.8. The molecule has 1 N–H and O–H groups in total. The number of rotatable bonds is 6. The van der Waals surface area contributed by atoms with Gasteiger partial charge in [-0.15, -0.1) is 0 Å². The fourth-order valence-electron chi connectivity index (χ4n) is 4.47. The van der Waals surface area contributed by atoms with E-state index in [4.69, 9.17) is 0 Å². The van der Waals surface area contributed by atoms with Gasteiger partial charge in [0, 0.05) is 37.1 Å². The Hall–Kier alpha value is -3.23. The van der Waals surface area contributed by atoms with Crippen molar-refractivity contribution in [2.24, 2.45) is 0 Å². The maximum absolute atomic E-state index is 14.6. The Morgan fingerprint density at radius 1 is 1.03 bits per heavy atom. The summed E-state index contributed by atoms with van der Waals surface area (Å²) in [4.78, 5) is 14.9. The van der Waals surface area contributed by atoms with Gasteiger partial charge >= 0.3 is 0 Å². The molecule has 1 atom stereocenters.